The van der Waals surface area contributed by atoms with Gasteiger partial charge in [-0.05, 0) is 99.0 Å². The van der Waals surface area contributed by atoms with E-state index in [4.69, 9.17) is 45.7 Å². The summed E-state index contributed by atoms with van der Waals surface area (Å²) in [6, 6.07) is 23.0. The molecule has 4 N–H and O–H groups in total. The zero-order valence-electron chi connectivity index (χ0n) is 28.9. The second-order valence-electron chi connectivity index (χ2n) is 11.5. The number of aliphatic carboxylic acids is 3. The molecule has 0 amide bonds. The zero-order chi connectivity index (χ0) is 40.3. The lowest BCUT2D eigenvalue weighted by atomic mass is 9.97. The third-order valence-corrected chi connectivity index (χ3v) is 6.02. The van der Waals surface area contributed by atoms with E-state index in [1.807, 2.05) is 0 Å². The largest absolute Gasteiger partial charge is 0.508 e. The Labute approximate surface area is 304 Å². The number of hydrogen-bond donors (Lipinski definition) is 4. The van der Waals surface area contributed by atoms with Crippen LogP contribution < -0.4 is 9.47 Å². The maximum absolute atomic E-state index is 11.7. The van der Waals surface area contributed by atoms with E-state index in [1.54, 1.807) is 75.4 Å². The number of benzene rings is 3. The molecule has 53 heavy (non-hydrogen) atoms. The van der Waals surface area contributed by atoms with E-state index < -0.39 is 29.3 Å². The number of phenols is 1. The van der Waals surface area contributed by atoms with Gasteiger partial charge in [-0.2, -0.15) is 15.8 Å². The van der Waals surface area contributed by atoms with Gasteiger partial charge in [-0.25, -0.2) is 19.2 Å². The van der Waals surface area contributed by atoms with Crippen molar-refractivity contribution in [2.45, 2.75) is 27.7 Å². The molecule has 0 spiro atoms. The van der Waals surface area contributed by atoms with Crippen LogP contribution in [-0.4, -0.2) is 50.3 Å². The van der Waals surface area contributed by atoms with Gasteiger partial charge in [0.2, 0.25) is 0 Å². The van der Waals surface area contributed by atoms with Gasteiger partial charge in [0.25, 0.3) is 0 Å². The van der Waals surface area contributed by atoms with Gasteiger partial charge in [-0.15, -0.1) is 0 Å². The Morgan fingerprint density at radius 3 is 1.17 bits per heavy atom. The average molecular weight is 720 g/mol. The number of carboxylic acid groups (broad SMARTS) is 3. The van der Waals surface area contributed by atoms with Crippen LogP contribution in [0.4, 0.5) is 0 Å². The first kappa shape index (κ1) is 43.3. The molecule has 0 unspecified atom stereocenters. The zero-order valence-corrected chi connectivity index (χ0v) is 28.9. The number of carbonyl (C=O) groups is 5. The molecule has 0 aromatic heterocycles. The van der Waals surface area contributed by atoms with Crippen LogP contribution in [-0.2, 0) is 24.0 Å². The highest BCUT2D eigenvalue weighted by atomic mass is 16.5. The van der Waals surface area contributed by atoms with Crippen molar-refractivity contribution < 1.29 is 53.9 Å². The van der Waals surface area contributed by atoms with Gasteiger partial charge in [-0.1, -0.05) is 43.0 Å². The molecule has 14 nitrogen and oxygen atoms in total. The van der Waals surface area contributed by atoms with Gasteiger partial charge in [0.1, 0.15) is 52.2 Å². The van der Waals surface area contributed by atoms with Gasteiger partial charge in [0.05, 0.1) is 5.41 Å². The maximum atomic E-state index is 11.7. The van der Waals surface area contributed by atoms with Gasteiger partial charge >= 0.3 is 29.8 Å². The van der Waals surface area contributed by atoms with Crippen LogP contribution in [0, 0.1) is 39.4 Å². The number of esters is 2. The number of phenolic OH excluding ortho intramolecular Hbond substituents is 1. The van der Waals surface area contributed by atoms with Crippen molar-refractivity contribution >= 4 is 48.1 Å². The van der Waals surface area contributed by atoms with Gasteiger partial charge in [0, 0.05) is 5.57 Å². The molecule has 0 aliphatic heterocycles. The monoisotopic (exact) mass is 719 g/mol. The first-order chi connectivity index (χ1) is 24.8. The molecule has 0 saturated heterocycles. The molecule has 0 bridgehead atoms. The van der Waals surface area contributed by atoms with Gasteiger partial charge in [-0.3, -0.25) is 4.79 Å². The van der Waals surface area contributed by atoms with E-state index >= 15 is 0 Å². The third kappa shape index (κ3) is 16.0. The molecule has 3 aromatic carbocycles. The normalized spacial score (nSPS) is 10.9. The van der Waals surface area contributed by atoms with Crippen molar-refractivity contribution in [2.75, 3.05) is 0 Å². The van der Waals surface area contributed by atoms with Crippen LogP contribution in [0.5, 0.6) is 17.2 Å². The van der Waals surface area contributed by atoms with Crippen LogP contribution in [0.25, 0.3) is 18.2 Å². The highest BCUT2D eigenvalue weighted by molar-refractivity contribution is 5.97. The highest BCUT2D eigenvalue weighted by Crippen LogP contribution is 2.21. The Bertz CT molecular complexity index is 2060. The summed E-state index contributed by atoms with van der Waals surface area (Å²) in [5.74, 6) is -3.95. The van der Waals surface area contributed by atoms with Crippen molar-refractivity contribution in [1.29, 1.82) is 15.8 Å². The molecular formula is C39H33N3O11. The predicted octanol–water partition coefficient (Wildman–Crippen LogP) is 6.17. The van der Waals surface area contributed by atoms with Gasteiger partial charge in [0.15, 0.2) is 0 Å². The number of rotatable bonds is 9. The van der Waals surface area contributed by atoms with Crippen molar-refractivity contribution in [3.05, 3.63) is 118 Å². The Morgan fingerprint density at radius 1 is 0.604 bits per heavy atom. The number of carbonyl (C=O) groups excluding carboxylic acids is 2. The lowest BCUT2D eigenvalue weighted by Crippen LogP contribution is -2.25. The summed E-state index contributed by atoms with van der Waals surface area (Å²) >= 11 is 0. The summed E-state index contributed by atoms with van der Waals surface area (Å²) in [7, 11) is 0. The van der Waals surface area contributed by atoms with Gasteiger partial charge < -0.3 is 29.9 Å². The minimum Gasteiger partial charge on any atom is -0.508 e. The third-order valence-electron chi connectivity index (χ3n) is 6.02. The minimum absolute atomic E-state index is 0.0935. The number of carboxylic acids is 3. The summed E-state index contributed by atoms with van der Waals surface area (Å²) in [4.78, 5) is 54.7. The first-order valence-electron chi connectivity index (χ1n) is 15.0. The standard InChI is InChI=1S/C15H15NO4.C14H11NO4.C10H7NO3/c1-15(2,3)14(19)20-12-6-4-10(5-7-12)8-11(9-16)13(17)18;1-9(2)14(18)19-12-5-3-10(4-6-12)7-11(8-15)13(16)17;11-6-8(10(13)14)5-7-1-3-9(12)4-2-7/h4-8H,1-3H3,(H,17,18);3-7H,1H2,2H3,(H,16,17);1-5,12H,(H,13,14)/b11-8+;11-7-;8-5-. The number of nitrogens with zero attached hydrogens (tertiary/aromatic N) is 3. The summed E-state index contributed by atoms with van der Waals surface area (Å²) in [5, 5.41) is 60.7. The molecule has 0 fully saturated rings. The van der Waals surface area contributed by atoms with E-state index in [9.17, 15) is 24.0 Å². The van der Waals surface area contributed by atoms with E-state index in [2.05, 4.69) is 6.58 Å². The Morgan fingerprint density at radius 2 is 0.906 bits per heavy atom. The fraction of sp³-hybridized carbons (Fsp3) is 0.128. The molecule has 0 aliphatic carbocycles. The molecule has 0 saturated carbocycles. The quantitative estimate of drug-likeness (QED) is 0.0834. The topological polar surface area (TPSA) is 256 Å². The Kier molecular flexibility index (Phi) is 16.9. The molecule has 0 aliphatic rings. The highest BCUT2D eigenvalue weighted by Gasteiger charge is 2.23. The van der Waals surface area contributed by atoms with E-state index in [0.29, 0.717) is 28.2 Å². The molecule has 0 atom stereocenters. The molecule has 3 aromatic rings. The predicted molar refractivity (Wildman–Crippen MR) is 190 cm³/mol. The Hall–Kier alpha value is -7.76. The maximum Gasteiger partial charge on any atom is 0.346 e. The van der Waals surface area contributed by atoms with Crippen molar-refractivity contribution in [3.8, 4) is 35.5 Å². The second-order valence-corrected chi connectivity index (χ2v) is 11.5. The van der Waals surface area contributed by atoms with Crippen LogP contribution in [0.2, 0.25) is 0 Å². The second kappa shape index (κ2) is 20.7. The molecule has 0 radical (unpaired) electrons. The van der Waals surface area contributed by atoms with Crippen LogP contribution in [0.3, 0.4) is 0 Å². The lowest BCUT2D eigenvalue weighted by Gasteiger charge is -2.16. The molecule has 14 heteroatoms. The number of nitriles is 3. The average Bonchev–Trinajstić information content (AvgIpc) is 3.10. The molecular weight excluding hydrogens is 686 g/mol. The number of aromatic hydroxyl groups is 1. The smallest absolute Gasteiger partial charge is 0.346 e. The molecule has 0 heterocycles. The van der Waals surface area contributed by atoms with Crippen LogP contribution >= 0.6 is 0 Å². The van der Waals surface area contributed by atoms with E-state index in [-0.39, 0.29) is 34.0 Å². The van der Waals surface area contributed by atoms with Crippen LogP contribution in [0.15, 0.2) is 102 Å². The van der Waals surface area contributed by atoms with E-state index in [0.717, 1.165) is 0 Å². The summed E-state index contributed by atoms with van der Waals surface area (Å²) in [6.45, 7) is 10.2. The SMILES string of the molecule is C=C(C)C(=O)Oc1ccc(/C=C(/C#N)C(=O)O)cc1.CC(C)(C)C(=O)Oc1ccc(/C=C(\C#N)C(=O)O)cc1.N#C/C(=C/c1ccc(O)cc1)C(=O)O. The number of ether oxygens (including phenoxy) is 2. The Balaban J connectivity index is 0.000000404. The summed E-state index contributed by atoms with van der Waals surface area (Å²) < 4.78 is 10.1. The summed E-state index contributed by atoms with van der Waals surface area (Å²) in [6.07, 6.45) is 3.71. The van der Waals surface area contributed by atoms with Crippen molar-refractivity contribution in [1.82, 2.24) is 0 Å². The fourth-order valence-corrected chi connectivity index (χ4v) is 3.21. The fourth-order valence-electron chi connectivity index (χ4n) is 3.21. The first-order valence-corrected chi connectivity index (χ1v) is 15.0. The van der Waals surface area contributed by atoms with Crippen LogP contribution in [0.1, 0.15) is 44.4 Å². The number of hydrogen-bond acceptors (Lipinski definition) is 11. The molecule has 3 rings (SSSR count). The van der Waals surface area contributed by atoms with E-state index in [1.165, 1.54) is 61.5 Å². The van der Waals surface area contributed by atoms with Crippen molar-refractivity contribution in [3.63, 3.8) is 0 Å². The summed E-state index contributed by atoms with van der Waals surface area (Å²) in [5.41, 5.74) is 0.235. The van der Waals surface area contributed by atoms with Crippen molar-refractivity contribution in [2.24, 2.45) is 5.41 Å². The molecule has 270 valence electrons. The minimum atomic E-state index is -1.29. The lowest BCUT2D eigenvalue weighted by molar-refractivity contribution is -0.143.